The van der Waals surface area contributed by atoms with Gasteiger partial charge in [0.15, 0.2) is 5.16 Å². The number of fused-ring (bicyclic) bond motifs is 1. The lowest BCUT2D eigenvalue weighted by Gasteiger charge is -2.11. The molecule has 0 bridgehead atoms. The summed E-state index contributed by atoms with van der Waals surface area (Å²) in [7, 11) is 0. The van der Waals surface area contributed by atoms with E-state index in [1.165, 1.54) is 11.8 Å². The van der Waals surface area contributed by atoms with Gasteiger partial charge in [-0.25, -0.2) is 4.98 Å². The summed E-state index contributed by atoms with van der Waals surface area (Å²) >= 11 is 7.37. The number of aryl methyl sites for hydroxylation is 1. The van der Waals surface area contributed by atoms with Crippen molar-refractivity contribution in [3.63, 3.8) is 0 Å². The van der Waals surface area contributed by atoms with Gasteiger partial charge in [-0.15, -0.1) is 0 Å². The molecule has 2 N–H and O–H groups in total. The smallest absolute Gasteiger partial charge is 0.253 e. The number of nitrogens with one attached hydrogen (secondary N) is 2. The number of benzene rings is 2. The highest BCUT2D eigenvalue weighted by molar-refractivity contribution is 7.99. The lowest BCUT2D eigenvalue weighted by molar-refractivity contribution is -0.113. The van der Waals surface area contributed by atoms with Crippen molar-refractivity contribution in [1.29, 1.82) is 0 Å². The Hall–Kier alpha value is -2.51. The number of halogens is 1. The number of hydrogen-bond acceptors (Lipinski definition) is 4. The predicted octanol–water partition coefficient (Wildman–Crippen LogP) is 4.19. The molecule has 2 aromatic carbocycles. The van der Waals surface area contributed by atoms with Gasteiger partial charge >= 0.3 is 0 Å². The van der Waals surface area contributed by atoms with Gasteiger partial charge in [0, 0.05) is 18.1 Å². The zero-order chi connectivity index (χ0) is 20.1. The molecule has 0 saturated carbocycles. The third kappa shape index (κ3) is 4.48. The van der Waals surface area contributed by atoms with Crippen LogP contribution in [0.15, 0.2) is 47.6 Å². The van der Waals surface area contributed by atoms with Gasteiger partial charge in [0.2, 0.25) is 5.91 Å². The SMILES string of the molecule is CCNC(=O)c1cc(Cl)ccc1NC(=O)CSc1nc2ccccc2n1CC. The summed E-state index contributed by atoms with van der Waals surface area (Å²) in [6.07, 6.45) is 0. The molecule has 0 aliphatic rings. The van der Waals surface area contributed by atoms with Gasteiger partial charge in [0.1, 0.15) is 0 Å². The van der Waals surface area contributed by atoms with Crippen LogP contribution in [0, 0.1) is 0 Å². The first-order chi connectivity index (χ1) is 13.5. The number of aromatic nitrogens is 2. The molecule has 1 heterocycles. The van der Waals surface area contributed by atoms with Crippen molar-refractivity contribution >= 4 is 51.9 Å². The summed E-state index contributed by atoms with van der Waals surface area (Å²) in [4.78, 5) is 29.3. The first-order valence-electron chi connectivity index (χ1n) is 8.99. The molecular formula is C20H21ClN4O2S. The zero-order valence-corrected chi connectivity index (χ0v) is 17.2. The molecule has 0 fully saturated rings. The van der Waals surface area contributed by atoms with Crippen molar-refractivity contribution in [3.05, 3.63) is 53.1 Å². The summed E-state index contributed by atoms with van der Waals surface area (Å²) in [6.45, 7) is 5.13. The fraction of sp³-hybridized carbons (Fsp3) is 0.250. The van der Waals surface area contributed by atoms with E-state index in [1.807, 2.05) is 38.1 Å². The number of anilines is 1. The second-order valence-electron chi connectivity index (χ2n) is 6.01. The van der Waals surface area contributed by atoms with Crippen molar-refractivity contribution in [1.82, 2.24) is 14.9 Å². The molecule has 8 heteroatoms. The zero-order valence-electron chi connectivity index (χ0n) is 15.7. The van der Waals surface area contributed by atoms with Gasteiger partial charge in [-0.2, -0.15) is 0 Å². The number of carbonyl (C=O) groups excluding carboxylic acids is 2. The number of imidazole rings is 1. The van der Waals surface area contributed by atoms with Crippen molar-refractivity contribution in [2.24, 2.45) is 0 Å². The molecule has 3 rings (SSSR count). The van der Waals surface area contributed by atoms with Gasteiger partial charge in [0.05, 0.1) is 28.0 Å². The van der Waals surface area contributed by atoms with Crippen molar-refractivity contribution < 1.29 is 9.59 Å². The topological polar surface area (TPSA) is 76.0 Å². The Kier molecular flexibility index (Phi) is 6.59. The number of thioether (sulfide) groups is 1. The van der Waals surface area contributed by atoms with Gasteiger partial charge < -0.3 is 15.2 Å². The highest BCUT2D eigenvalue weighted by atomic mass is 35.5. The number of para-hydroxylation sites is 2. The first kappa shape index (κ1) is 20.2. The summed E-state index contributed by atoms with van der Waals surface area (Å²) in [6, 6.07) is 12.7. The largest absolute Gasteiger partial charge is 0.352 e. The predicted molar refractivity (Wildman–Crippen MR) is 114 cm³/mol. The molecule has 1 aromatic heterocycles. The van der Waals surface area contributed by atoms with E-state index in [1.54, 1.807) is 18.2 Å². The molecule has 3 aromatic rings. The Morgan fingerprint density at radius 2 is 1.96 bits per heavy atom. The maximum absolute atomic E-state index is 12.5. The lowest BCUT2D eigenvalue weighted by atomic mass is 10.1. The van der Waals surface area contributed by atoms with E-state index in [-0.39, 0.29) is 17.6 Å². The molecule has 0 aliphatic heterocycles. The number of rotatable bonds is 7. The summed E-state index contributed by atoms with van der Waals surface area (Å²) in [5, 5.41) is 6.75. The summed E-state index contributed by atoms with van der Waals surface area (Å²) < 4.78 is 2.08. The highest BCUT2D eigenvalue weighted by Crippen LogP contribution is 2.25. The fourth-order valence-corrected chi connectivity index (χ4v) is 3.91. The number of nitrogens with zero attached hydrogens (tertiary/aromatic N) is 2. The van der Waals surface area contributed by atoms with Crippen LogP contribution in [0.5, 0.6) is 0 Å². The van der Waals surface area contributed by atoms with Gasteiger partial charge in [-0.3, -0.25) is 9.59 Å². The Morgan fingerprint density at radius 1 is 1.18 bits per heavy atom. The van der Waals surface area contributed by atoms with Crippen LogP contribution >= 0.6 is 23.4 Å². The number of carbonyl (C=O) groups is 2. The number of hydrogen-bond donors (Lipinski definition) is 2. The van der Waals surface area contributed by atoms with Crippen LogP contribution in [0.25, 0.3) is 11.0 Å². The molecule has 0 saturated heterocycles. The summed E-state index contributed by atoms with van der Waals surface area (Å²) in [5.74, 6) is -0.311. The van der Waals surface area contributed by atoms with Crippen LogP contribution in [0.2, 0.25) is 5.02 Å². The standard InChI is InChI=1S/C20H21ClN4O2S/c1-3-22-19(27)14-11-13(21)9-10-15(14)23-18(26)12-28-20-24-16-7-5-6-8-17(16)25(20)4-2/h5-11H,3-4,12H2,1-2H3,(H,22,27)(H,23,26). The van der Waals surface area contributed by atoms with Crippen LogP contribution in [0.4, 0.5) is 5.69 Å². The molecule has 0 aliphatic carbocycles. The molecule has 0 spiro atoms. The second-order valence-corrected chi connectivity index (χ2v) is 7.39. The highest BCUT2D eigenvalue weighted by Gasteiger charge is 2.15. The van der Waals surface area contributed by atoms with Crippen molar-refractivity contribution in [2.45, 2.75) is 25.5 Å². The maximum Gasteiger partial charge on any atom is 0.253 e. The normalized spacial score (nSPS) is 10.8. The molecule has 0 atom stereocenters. The van der Waals surface area contributed by atoms with Gasteiger partial charge in [-0.1, -0.05) is 35.5 Å². The average Bonchev–Trinajstić information content (AvgIpc) is 3.05. The Balaban J connectivity index is 1.73. The first-order valence-corrected chi connectivity index (χ1v) is 10.4. The van der Waals surface area contributed by atoms with Gasteiger partial charge in [-0.05, 0) is 44.2 Å². The monoisotopic (exact) mass is 416 g/mol. The fourth-order valence-electron chi connectivity index (χ4n) is 2.85. The molecule has 146 valence electrons. The third-order valence-corrected chi connectivity index (χ3v) is 5.32. The minimum absolute atomic E-state index is 0.181. The lowest BCUT2D eigenvalue weighted by Crippen LogP contribution is -2.25. The van der Waals surface area contributed by atoms with Crippen molar-refractivity contribution in [2.75, 3.05) is 17.6 Å². The third-order valence-electron chi connectivity index (χ3n) is 4.11. The molecule has 28 heavy (non-hydrogen) atoms. The van der Waals surface area contributed by atoms with Crippen LogP contribution in [0.1, 0.15) is 24.2 Å². The average molecular weight is 417 g/mol. The second kappa shape index (κ2) is 9.12. The van der Waals surface area contributed by atoms with Gasteiger partial charge in [0.25, 0.3) is 5.91 Å². The molecule has 0 unspecified atom stereocenters. The van der Waals surface area contributed by atoms with E-state index in [2.05, 4.69) is 20.2 Å². The van der Waals surface area contributed by atoms with Crippen molar-refractivity contribution in [3.8, 4) is 0 Å². The van der Waals surface area contributed by atoms with E-state index in [0.29, 0.717) is 22.8 Å². The van der Waals surface area contributed by atoms with E-state index >= 15 is 0 Å². The Labute approximate surface area is 172 Å². The Morgan fingerprint density at radius 3 is 2.71 bits per heavy atom. The minimum Gasteiger partial charge on any atom is -0.352 e. The molecule has 0 radical (unpaired) electrons. The van der Waals surface area contributed by atoms with E-state index in [4.69, 9.17) is 11.6 Å². The van der Waals surface area contributed by atoms with E-state index in [0.717, 1.165) is 22.7 Å². The maximum atomic E-state index is 12.5. The summed E-state index contributed by atoms with van der Waals surface area (Å²) in [5.41, 5.74) is 2.73. The Bertz CT molecular complexity index is 1020. The van der Waals surface area contributed by atoms with Crippen LogP contribution in [-0.2, 0) is 11.3 Å². The van der Waals surface area contributed by atoms with Crippen LogP contribution in [-0.4, -0.2) is 33.7 Å². The minimum atomic E-state index is -0.277. The van der Waals surface area contributed by atoms with Crippen LogP contribution in [0.3, 0.4) is 0 Å². The molecule has 6 nitrogen and oxygen atoms in total. The van der Waals surface area contributed by atoms with E-state index < -0.39 is 0 Å². The quantitative estimate of drug-likeness (QED) is 0.566. The molecule has 2 amide bonds. The van der Waals surface area contributed by atoms with E-state index in [9.17, 15) is 9.59 Å². The molecular weight excluding hydrogens is 396 g/mol. The number of amides is 2. The van der Waals surface area contributed by atoms with Crippen LogP contribution < -0.4 is 10.6 Å².